The molecule has 3 heterocycles. The smallest absolute Gasteiger partial charge is 0.272 e. The van der Waals surface area contributed by atoms with Gasteiger partial charge in [0.1, 0.15) is 17.3 Å². The van der Waals surface area contributed by atoms with Gasteiger partial charge in [0.25, 0.3) is 5.91 Å². The van der Waals surface area contributed by atoms with Gasteiger partial charge in [0.2, 0.25) is 0 Å². The van der Waals surface area contributed by atoms with E-state index in [-0.39, 0.29) is 5.91 Å². The molecule has 0 saturated carbocycles. The quantitative estimate of drug-likeness (QED) is 0.874. The Labute approximate surface area is 163 Å². The van der Waals surface area contributed by atoms with Crippen molar-refractivity contribution in [1.82, 2.24) is 14.9 Å². The van der Waals surface area contributed by atoms with Crippen LogP contribution in [0.5, 0.6) is 0 Å². The number of rotatable bonds is 3. The van der Waals surface area contributed by atoms with E-state index < -0.39 is 5.79 Å². The Morgan fingerprint density at radius 3 is 2.68 bits per heavy atom. The monoisotopic (exact) mass is 379 g/mol. The third-order valence-corrected chi connectivity index (χ3v) is 4.95. The van der Waals surface area contributed by atoms with Gasteiger partial charge >= 0.3 is 0 Å². The maximum absolute atomic E-state index is 12.9. The summed E-state index contributed by atoms with van der Waals surface area (Å²) >= 11 is 0. The van der Waals surface area contributed by atoms with E-state index in [1.54, 1.807) is 36.1 Å². The van der Waals surface area contributed by atoms with Crippen molar-refractivity contribution >= 4 is 17.4 Å². The normalized spacial score (nSPS) is 18.1. The van der Waals surface area contributed by atoms with E-state index in [2.05, 4.69) is 21.4 Å². The summed E-state index contributed by atoms with van der Waals surface area (Å²) in [7, 11) is 0. The van der Waals surface area contributed by atoms with Crippen LogP contribution in [0.4, 0.5) is 11.5 Å². The Hall–Kier alpha value is -3.02. The van der Waals surface area contributed by atoms with Gasteiger partial charge < -0.3 is 19.7 Å². The number of carbonyl (C=O) groups excluding carboxylic acids is 1. The maximum atomic E-state index is 12.9. The minimum Gasteiger partial charge on any atom is -0.347 e. The first-order chi connectivity index (χ1) is 13.6. The standard InChI is InChI=1S/C20H21N5O3/c1-14-22-17(12-18(23-14)24-16-4-2-3-15(11-16)13-21)19(26)25-7-5-20(6-8-25)27-9-10-28-20/h2-4,11-12H,5-10H2,1H3,(H,22,23,24). The van der Waals surface area contributed by atoms with E-state index >= 15 is 0 Å². The topological polar surface area (TPSA) is 100 Å². The van der Waals surface area contributed by atoms with E-state index in [0.29, 0.717) is 62.0 Å². The number of anilines is 2. The number of hydrogen-bond acceptors (Lipinski definition) is 7. The molecule has 2 saturated heterocycles. The van der Waals surface area contributed by atoms with Crippen LogP contribution in [-0.4, -0.2) is 52.9 Å². The van der Waals surface area contributed by atoms with Gasteiger partial charge in [-0.25, -0.2) is 9.97 Å². The molecular weight excluding hydrogens is 358 g/mol. The van der Waals surface area contributed by atoms with Gasteiger partial charge in [0.15, 0.2) is 5.79 Å². The number of aromatic nitrogens is 2. The predicted molar refractivity (Wildman–Crippen MR) is 101 cm³/mol. The van der Waals surface area contributed by atoms with E-state index in [9.17, 15) is 4.79 Å². The molecule has 1 aromatic carbocycles. The van der Waals surface area contributed by atoms with Gasteiger partial charge in [-0.1, -0.05) is 6.07 Å². The number of benzene rings is 1. The fourth-order valence-corrected chi connectivity index (χ4v) is 3.55. The Balaban J connectivity index is 1.49. The molecule has 0 radical (unpaired) electrons. The Morgan fingerprint density at radius 1 is 1.21 bits per heavy atom. The fraction of sp³-hybridized carbons (Fsp3) is 0.400. The lowest BCUT2D eigenvalue weighted by molar-refractivity contribution is -0.181. The number of ether oxygens (including phenoxy) is 2. The van der Waals surface area contributed by atoms with Gasteiger partial charge in [0, 0.05) is 37.7 Å². The van der Waals surface area contributed by atoms with Crippen LogP contribution < -0.4 is 5.32 Å². The van der Waals surface area contributed by atoms with Crippen molar-refractivity contribution in [1.29, 1.82) is 5.26 Å². The molecule has 1 aromatic heterocycles. The SMILES string of the molecule is Cc1nc(Nc2cccc(C#N)c2)cc(C(=O)N2CCC3(CC2)OCCO3)n1. The first-order valence-electron chi connectivity index (χ1n) is 9.27. The van der Waals surface area contributed by atoms with Crippen molar-refractivity contribution in [3.05, 3.63) is 47.4 Å². The highest BCUT2D eigenvalue weighted by molar-refractivity contribution is 5.93. The van der Waals surface area contributed by atoms with Crippen LogP contribution in [0.25, 0.3) is 0 Å². The summed E-state index contributed by atoms with van der Waals surface area (Å²) in [4.78, 5) is 23.4. The fourth-order valence-electron chi connectivity index (χ4n) is 3.55. The molecule has 0 aliphatic carbocycles. The molecule has 1 spiro atoms. The van der Waals surface area contributed by atoms with E-state index in [4.69, 9.17) is 14.7 Å². The molecule has 2 aliphatic rings. The van der Waals surface area contributed by atoms with E-state index in [1.165, 1.54) is 0 Å². The van der Waals surface area contributed by atoms with Crippen molar-refractivity contribution in [2.45, 2.75) is 25.6 Å². The summed E-state index contributed by atoms with van der Waals surface area (Å²) in [5.74, 6) is 0.367. The number of nitrogens with zero attached hydrogens (tertiary/aromatic N) is 4. The maximum Gasteiger partial charge on any atom is 0.272 e. The minimum atomic E-state index is -0.517. The number of nitrogens with one attached hydrogen (secondary N) is 1. The third-order valence-electron chi connectivity index (χ3n) is 4.95. The molecular formula is C20H21N5O3. The zero-order valence-electron chi connectivity index (χ0n) is 15.6. The van der Waals surface area contributed by atoms with Gasteiger partial charge in [-0.05, 0) is 25.1 Å². The minimum absolute atomic E-state index is 0.132. The van der Waals surface area contributed by atoms with Gasteiger partial charge in [0.05, 0.1) is 24.8 Å². The second kappa shape index (κ2) is 7.54. The number of piperidine rings is 1. The van der Waals surface area contributed by atoms with Crippen LogP contribution >= 0.6 is 0 Å². The van der Waals surface area contributed by atoms with Crippen molar-refractivity contribution < 1.29 is 14.3 Å². The molecule has 1 N–H and O–H groups in total. The number of amides is 1. The Kier molecular flexibility index (Phi) is 4.94. The first kappa shape index (κ1) is 18.3. The van der Waals surface area contributed by atoms with Crippen molar-refractivity contribution in [2.75, 3.05) is 31.6 Å². The van der Waals surface area contributed by atoms with Gasteiger partial charge in [-0.3, -0.25) is 4.79 Å². The summed E-state index contributed by atoms with van der Waals surface area (Å²) in [5, 5.41) is 12.2. The average Bonchev–Trinajstić information content (AvgIpc) is 3.15. The zero-order chi connectivity index (χ0) is 19.6. The van der Waals surface area contributed by atoms with Crippen molar-refractivity contribution in [3.63, 3.8) is 0 Å². The lowest BCUT2D eigenvalue weighted by Gasteiger charge is -2.37. The van der Waals surface area contributed by atoms with Crippen LogP contribution in [0.15, 0.2) is 30.3 Å². The van der Waals surface area contributed by atoms with Crippen molar-refractivity contribution in [2.24, 2.45) is 0 Å². The van der Waals surface area contributed by atoms with E-state index in [1.807, 2.05) is 6.07 Å². The molecule has 2 aliphatic heterocycles. The summed E-state index contributed by atoms with van der Waals surface area (Å²) in [6, 6.07) is 10.8. The molecule has 2 fully saturated rings. The predicted octanol–water partition coefficient (Wildman–Crippen LogP) is 2.38. The highest BCUT2D eigenvalue weighted by Crippen LogP contribution is 2.31. The summed E-state index contributed by atoms with van der Waals surface area (Å²) in [6.45, 7) is 4.10. The van der Waals surface area contributed by atoms with Gasteiger partial charge in [-0.2, -0.15) is 5.26 Å². The number of likely N-dealkylation sites (tertiary alicyclic amines) is 1. The Morgan fingerprint density at radius 2 is 1.96 bits per heavy atom. The first-order valence-corrected chi connectivity index (χ1v) is 9.27. The summed E-state index contributed by atoms with van der Waals surface area (Å²) in [5.41, 5.74) is 1.62. The number of aryl methyl sites for hydroxylation is 1. The second-order valence-electron chi connectivity index (χ2n) is 6.90. The summed E-state index contributed by atoms with van der Waals surface area (Å²) < 4.78 is 11.4. The highest BCUT2D eigenvalue weighted by atomic mass is 16.7. The van der Waals surface area contributed by atoms with Crippen LogP contribution in [0.1, 0.15) is 34.7 Å². The van der Waals surface area contributed by atoms with Crippen LogP contribution in [-0.2, 0) is 9.47 Å². The second-order valence-corrected chi connectivity index (χ2v) is 6.90. The van der Waals surface area contributed by atoms with Crippen molar-refractivity contribution in [3.8, 4) is 6.07 Å². The molecule has 28 heavy (non-hydrogen) atoms. The molecule has 0 atom stereocenters. The molecule has 0 bridgehead atoms. The molecule has 8 heteroatoms. The lowest BCUT2D eigenvalue weighted by Crippen LogP contribution is -2.47. The van der Waals surface area contributed by atoms with Crippen LogP contribution in [0, 0.1) is 18.3 Å². The van der Waals surface area contributed by atoms with Gasteiger partial charge in [-0.15, -0.1) is 0 Å². The largest absolute Gasteiger partial charge is 0.347 e. The molecule has 4 rings (SSSR count). The van der Waals surface area contributed by atoms with E-state index in [0.717, 1.165) is 5.69 Å². The zero-order valence-corrected chi connectivity index (χ0v) is 15.6. The molecule has 2 aromatic rings. The average molecular weight is 379 g/mol. The van der Waals surface area contributed by atoms with Crippen LogP contribution in [0.2, 0.25) is 0 Å². The number of carbonyl (C=O) groups is 1. The molecule has 1 amide bonds. The Bertz CT molecular complexity index is 924. The third kappa shape index (κ3) is 3.81. The molecule has 8 nitrogen and oxygen atoms in total. The molecule has 0 unspecified atom stereocenters. The summed E-state index contributed by atoms with van der Waals surface area (Å²) in [6.07, 6.45) is 1.32. The number of nitriles is 1. The highest BCUT2D eigenvalue weighted by Gasteiger charge is 2.41. The van der Waals surface area contributed by atoms with Crippen LogP contribution in [0.3, 0.4) is 0 Å². The molecule has 144 valence electrons. The number of hydrogen-bond donors (Lipinski definition) is 1. The lowest BCUT2D eigenvalue weighted by atomic mass is 10.0.